The average molecular weight is 413 g/mol. The van der Waals surface area contributed by atoms with Crippen molar-refractivity contribution >= 4 is 38.1 Å². The number of carbonyl (C=O) groups excluding carboxylic acids is 1. The second-order valence-electron chi connectivity index (χ2n) is 4.80. The molecule has 2 rings (SSSR count). The van der Waals surface area contributed by atoms with Gasteiger partial charge in [0.05, 0.1) is 0 Å². The summed E-state index contributed by atoms with van der Waals surface area (Å²) in [4.78, 5) is 23.9. The smallest absolute Gasteiger partial charge is 0.259 e. The summed E-state index contributed by atoms with van der Waals surface area (Å²) in [7, 11) is 0. The van der Waals surface area contributed by atoms with Gasteiger partial charge in [-0.3, -0.25) is 14.2 Å². The van der Waals surface area contributed by atoms with Gasteiger partial charge >= 0.3 is 0 Å². The van der Waals surface area contributed by atoms with Gasteiger partial charge in [0, 0.05) is 32.8 Å². The first-order valence-electron chi connectivity index (χ1n) is 6.60. The van der Waals surface area contributed by atoms with Crippen LogP contribution in [-0.2, 0) is 6.42 Å². The van der Waals surface area contributed by atoms with Crippen LogP contribution in [0.25, 0.3) is 5.69 Å². The molecule has 5 heteroatoms. The van der Waals surface area contributed by atoms with Crippen LogP contribution in [0.2, 0.25) is 0 Å². The summed E-state index contributed by atoms with van der Waals surface area (Å²) in [5.41, 5.74) is 2.93. The molecule has 0 spiro atoms. The number of rotatable bonds is 5. The first kappa shape index (κ1) is 16.2. The highest BCUT2D eigenvalue weighted by Crippen LogP contribution is 2.21. The normalized spacial score (nSPS) is 10.6. The van der Waals surface area contributed by atoms with Crippen molar-refractivity contribution in [3.63, 3.8) is 0 Å². The molecular weight excluding hydrogens is 398 g/mol. The highest BCUT2D eigenvalue weighted by Gasteiger charge is 2.14. The quantitative estimate of drug-likeness (QED) is 0.548. The molecule has 1 aromatic carbocycles. The molecule has 1 heterocycles. The van der Waals surface area contributed by atoms with E-state index in [1.54, 1.807) is 6.20 Å². The molecule has 2 aromatic rings. The lowest BCUT2D eigenvalue weighted by molar-refractivity contribution is 0.112. The third kappa shape index (κ3) is 3.52. The van der Waals surface area contributed by atoms with Crippen molar-refractivity contribution in [3.8, 4) is 5.69 Å². The fourth-order valence-electron chi connectivity index (χ4n) is 2.11. The van der Waals surface area contributed by atoms with E-state index in [1.807, 2.05) is 31.2 Å². The minimum atomic E-state index is -0.0859. The number of pyridine rings is 1. The Morgan fingerprint density at radius 2 is 1.90 bits per heavy atom. The summed E-state index contributed by atoms with van der Waals surface area (Å²) in [6.07, 6.45) is 3.82. The number of aromatic nitrogens is 1. The molecule has 0 saturated heterocycles. The molecule has 0 radical (unpaired) electrons. The minimum absolute atomic E-state index is 0.0859. The van der Waals surface area contributed by atoms with Gasteiger partial charge in [-0.2, -0.15) is 0 Å². The number of aldehydes is 1. The van der Waals surface area contributed by atoms with Crippen LogP contribution in [0.15, 0.2) is 39.7 Å². The average Bonchev–Trinajstić information content (AvgIpc) is 2.49. The van der Waals surface area contributed by atoms with E-state index < -0.39 is 0 Å². The molecular formula is C16H15Br2NO2. The Balaban J connectivity index is 2.63. The van der Waals surface area contributed by atoms with Crippen LogP contribution in [0.4, 0.5) is 0 Å². The van der Waals surface area contributed by atoms with Crippen molar-refractivity contribution in [1.82, 2.24) is 4.57 Å². The van der Waals surface area contributed by atoms with Gasteiger partial charge in [0.1, 0.15) is 0 Å². The van der Waals surface area contributed by atoms with Crippen LogP contribution in [-0.4, -0.2) is 16.2 Å². The standard InChI is InChI=1S/C16H15Br2NO2/c1-11-4-6-13(7-5-11)19-9-12(10-20)15(18)14(16(19)21)3-2-8-17/h4-7,9-10H,2-3,8H2,1H3. The molecule has 0 unspecified atom stereocenters. The summed E-state index contributed by atoms with van der Waals surface area (Å²) in [5.74, 6) is 0. The molecule has 0 atom stereocenters. The van der Waals surface area contributed by atoms with Crippen LogP contribution in [0.5, 0.6) is 0 Å². The van der Waals surface area contributed by atoms with Gasteiger partial charge in [0.25, 0.3) is 5.56 Å². The third-order valence-corrected chi connectivity index (χ3v) is 4.76. The fraction of sp³-hybridized carbons (Fsp3) is 0.250. The number of carbonyl (C=O) groups is 1. The maximum atomic E-state index is 12.7. The maximum absolute atomic E-state index is 12.7. The number of benzene rings is 1. The largest absolute Gasteiger partial charge is 0.298 e. The lowest BCUT2D eigenvalue weighted by Gasteiger charge is -2.12. The Morgan fingerprint density at radius 1 is 1.24 bits per heavy atom. The lowest BCUT2D eigenvalue weighted by atomic mass is 10.1. The predicted molar refractivity (Wildman–Crippen MR) is 92.0 cm³/mol. The van der Waals surface area contributed by atoms with Crippen LogP contribution < -0.4 is 5.56 Å². The van der Waals surface area contributed by atoms with Crippen LogP contribution in [0.3, 0.4) is 0 Å². The number of alkyl halides is 1. The first-order chi connectivity index (χ1) is 10.1. The monoisotopic (exact) mass is 411 g/mol. The first-order valence-corrected chi connectivity index (χ1v) is 8.52. The topological polar surface area (TPSA) is 39.1 Å². The second-order valence-corrected chi connectivity index (χ2v) is 6.38. The summed E-state index contributed by atoms with van der Waals surface area (Å²) in [6.45, 7) is 1.99. The molecule has 0 aliphatic carbocycles. The van der Waals surface area contributed by atoms with Crippen LogP contribution >= 0.6 is 31.9 Å². The maximum Gasteiger partial charge on any atom is 0.259 e. The van der Waals surface area contributed by atoms with Crippen molar-refractivity contribution in [3.05, 3.63) is 62.0 Å². The SMILES string of the molecule is Cc1ccc(-n2cc(C=O)c(Br)c(CCCBr)c2=O)cc1. The predicted octanol–water partition coefficient (Wildman–Crippen LogP) is 4.05. The van der Waals surface area contributed by atoms with E-state index in [1.165, 1.54) is 4.57 Å². The number of nitrogens with zero attached hydrogens (tertiary/aromatic N) is 1. The van der Waals surface area contributed by atoms with Crippen molar-refractivity contribution < 1.29 is 4.79 Å². The van der Waals surface area contributed by atoms with Gasteiger partial charge in [0.15, 0.2) is 6.29 Å². The number of hydrogen-bond donors (Lipinski definition) is 0. The molecule has 110 valence electrons. The van der Waals surface area contributed by atoms with Gasteiger partial charge in [-0.1, -0.05) is 33.6 Å². The van der Waals surface area contributed by atoms with Gasteiger partial charge in [0.2, 0.25) is 0 Å². The minimum Gasteiger partial charge on any atom is -0.298 e. The van der Waals surface area contributed by atoms with Gasteiger partial charge in [-0.05, 0) is 47.8 Å². The Morgan fingerprint density at radius 3 is 2.48 bits per heavy atom. The van der Waals surface area contributed by atoms with E-state index in [2.05, 4.69) is 31.9 Å². The van der Waals surface area contributed by atoms with E-state index in [0.29, 0.717) is 22.0 Å². The Kier molecular flexibility index (Phi) is 5.53. The summed E-state index contributed by atoms with van der Waals surface area (Å²) >= 11 is 6.75. The van der Waals surface area contributed by atoms with E-state index in [0.717, 1.165) is 29.3 Å². The summed E-state index contributed by atoms with van der Waals surface area (Å²) < 4.78 is 2.14. The van der Waals surface area contributed by atoms with E-state index in [9.17, 15) is 9.59 Å². The number of hydrogen-bond acceptors (Lipinski definition) is 2. The van der Waals surface area contributed by atoms with E-state index in [-0.39, 0.29) is 5.56 Å². The third-order valence-electron chi connectivity index (χ3n) is 3.26. The summed E-state index contributed by atoms with van der Waals surface area (Å²) in [5, 5.41) is 0.814. The Bertz CT molecular complexity index is 705. The van der Waals surface area contributed by atoms with Gasteiger partial charge in [-0.25, -0.2) is 0 Å². The molecule has 0 N–H and O–H groups in total. The molecule has 0 bridgehead atoms. The molecule has 0 aliphatic heterocycles. The zero-order valence-corrected chi connectivity index (χ0v) is 14.8. The van der Waals surface area contributed by atoms with Gasteiger partial charge in [-0.15, -0.1) is 0 Å². The molecule has 0 aliphatic rings. The highest BCUT2D eigenvalue weighted by molar-refractivity contribution is 9.10. The molecule has 0 saturated carbocycles. The second kappa shape index (κ2) is 7.18. The molecule has 3 nitrogen and oxygen atoms in total. The van der Waals surface area contributed by atoms with Crippen LogP contribution in [0.1, 0.15) is 27.9 Å². The summed E-state index contributed by atoms with van der Waals surface area (Å²) in [6, 6.07) is 7.66. The zero-order valence-electron chi connectivity index (χ0n) is 11.6. The van der Waals surface area contributed by atoms with E-state index in [4.69, 9.17) is 0 Å². The molecule has 1 aromatic heterocycles. The van der Waals surface area contributed by atoms with Crippen molar-refractivity contribution in [2.24, 2.45) is 0 Å². The van der Waals surface area contributed by atoms with Crippen molar-refractivity contribution in [2.75, 3.05) is 5.33 Å². The lowest BCUT2D eigenvalue weighted by Crippen LogP contribution is -2.24. The molecule has 21 heavy (non-hydrogen) atoms. The highest BCUT2D eigenvalue weighted by atomic mass is 79.9. The number of aryl methyl sites for hydroxylation is 1. The Hall–Kier alpha value is -1.20. The molecule has 0 fully saturated rings. The zero-order chi connectivity index (χ0) is 15.4. The number of halogens is 2. The molecule has 0 amide bonds. The fourth-order valence-corrected chi connectivity index (χ4v) is 2.95. The Labute approximate surface area is 140 Å². The van der Waals surface area contributed by atoms with Crippen LogP contribution in [0, 0.1) is 6.92 Å². The van der Waals surface area contributed by atoms with E-state index >= 15 is 0 Å². The van der Waals surface area contributed by atoms with Crippen molar-refractivity contribution in [1.29, 1.82) is 0 Å². The van der Waals surface area contributed by atoms with Gasteiger partial charge < -0.3 is 0 Å². The van der Waals surface area contributed by atoms with Crippen molar-refractivity contribution in [2.45, 2.75) is 19.8 Å².